The van der Waals surface area contributed by atoms with Gasteiger partial charge in [0, 0.05) is 12.7 Å². The predicted molar refractivity (Wildman–Crippen MR) is 185 cm³/mol. The summed E-state index contributed by atoms with van der Waals surface area (Å²) >= 11 is 0. The molecule has 48 heavy (non-hydrogen) atoms. The van der Waals surface area contributed by atoms with Gasteiger partial charge in [-0.15, -0.1) is 0 Å². The number of methoxy groups -OCH3 is 1. The van der Waals surface area contributed by atoms with Crippen LogP contribution in [0, 0.1) is 0 Å². The molecule has 0 bridgehead atoms. The van der Waals surface area contributed by atoms with Gasteiger partial charge in [-0.1, -0.05) is 74.3 Å². The van der Waals surface area contributed by atoms with Gasteiger partial charge >= 0.3 is 17.9 Å². The second-order valence-electron chi connectivity index (χ2n) is 12.1. The number of esters is 3. The molecule has 1 saturated carbocycles. The minimum atomic E-state index is -0.567. The second kappa shape index (κ2) is 17.4. The van der Waals surface area contributed by atoms with Crippen LogP contribution in [-0.4, -0.2) is 56.0 Å². The molecule has 0 heterocycles. The van der Waals surface area contributed by atoms with Crippen molar-refractivity contribution < 1.29 is 38.4 Å². The van der Waals surface area contributed by atoms with Gasteiger partial charge in [0.05, 0.1) is 31.0 Å². The molecule has 3 aromatic rings. The topological polar surface area (TPSA) is 108 Å². The second-order valence-corrected chi connectivity index (χ2v) is 12.1. The molecule has 0 saturated heterocycles. The van der Waals surface area contributed by atoms with Gasteiger partial charge in [-0.25, -0.2) is 14.4 Å². The number of benzene rings is 3. The Balaban J connectivity index is 1.49. The smallest absolute Gasteiger partial charge is 0.341 e. The van der Waals surface area contributed by atoms with Crippen molar-refractivity contribution in [2.75, 3.05) is 26.9 Å². The maximum atomic E-state index is 12.6. The van der Waals surface area contributed by atoms with Crippen molar-refractivity contribution in [3.05, 3.63) is 114 Å². The number of ether oxygens (including phenoxy) is 4. The van der Waals surface area contributed by atoms with Gasteiger partial charge in [0.1, 0.15) is 11.9 Å². The minimum absolute atomic E-state index is 0.0437. The molecule has 0 spiro atoms. The van der Waals surface area contributed by atoms with E-state index >= 15 is 0 Å². The highest BCUT2D eigenvalue weighted by molar-refractivity contribution is 5.90. The fraction of sp³-hybridized carbons (Fsp3) is 0.325. The van der Waals surface area contributed by atoms with E-state index in [1.807, 2.05) is 12.1 Å². The molecule has 0 amide bonds. The lowest BCUT2D eigenvalue weighted by Gasteiger charge is -2.30. The van der Waals surface area contributed by atoms with E-state index in [9.17, 15) is 19.5 Å². The van der Waals surface area contributed by atoms with Crippen LogP contribution in [0.2, 0.25) is 0 Å². The summed E-state index contributed by atoms with van der Waals surface area (Å²) in [5.41, 5.74) is 7.13. The third kappa shape index (κ3) is 9.86. The SMILES string of the molecule is C=C(C)C(=O)OCCCc1ccc(-c2ccc(-c3ccc(OC(=O)C(=C)COC)cc3C3CCC(OC(=O)C(=C)CO)CC3)cc2)cc1. The number of hydrogen-bond acceptors (Lipinski definition) is 8. The Kier molecular flexibility index (Phi) is 13.1. The highest BCUT2D eigenvalue weighted by Gasteiger charge is 2.28. The first-order valence-corrected chi connectivity index (χ1v) is 16.1. The van der Waals surface area contributed by atoms with Crippen LogP contribution >= 0.6 is 0 Å². The summed E-state index contributed by atoms with van der Waals surface area (Å²) in [5.74, 6) is -0.899. The van der Waals surface area contributed by atoms with Crippen molar-refractivity contribution in [2.45, 2.75) is 57.5 Å². The van der Waals surface area contributed by atoms with E-state index in [-0.39, 0.29) is 35.7 Å². The fourth-order valence-corrected chi connectivity index (χ4v) is 5.68. The van der Waals surface area contributed by atoms with Gasteiger partial charge in [-0.05, 0) is 96.9 Å². The zero-order valence-corrected chi connectivity index (χ0v) is 27.8. The van der Waals surface area contributed by atoms with Crippen LogP contribution in [0.5, 0.6) is 5.75 Å². The van der Waals surface area contributed by atoms with Crippen LogP contribution in [0.25, 0.3) is 22.3 Å². The van der Waals surface area contributed by atoms with E-state index in [0.717, 1.165) is 53.5 Å². The molecule has 8 heteroatoms. The van der Waals surface area contributed by atoms with Crippen molar-refractivity contribution in [1.29, 1.82) is 0 Å². The Labute approximate surface area is 282 Å². The number of aryl methyl sites for hydroxylation is 1. The number of aliphatic hydroxyl groups excluding tert-OH is 1. The quantitative estimate of drug-likeness (QED) is 0.0789. The van der Waals surface area contributed by atoms with Crippen LogP contribution in [0.1, 0.15) is 56.1 Å². The third-order valence-corrected chi connectivity index (χ3v) is 8.38. The number of aliphatic hydroxyl groups is 1. The summed E-state index contributed by atoms with van der Waals surface area (Å²) in [5, 5.41) is 9.21. The lowest BCUT2D eigenvalue weighted by atomic mass is 9.79. The van der Waals surface area contributed by atoms with Gasteiger partial charge in [0.25, 0.3) is 0 Å². The monoisotopic (exact) mass is 652 g/mol. The zero-order chi connectivity index (χ0) is 34.6. The highest BCUT2D eigenvalue weighted by atomic mass is 16.5. The minimum Gasteiger partial charge on any atom is -0.462 e. The molecule has 3 aromatic carbocycles. The molecule has 0 radical (unpaired) electrons. The molecule has 1 fully saturated rings. The highest BCUT2D eigenvalue weighted by Crippen LogP contribution is 2.41. The van der Waals surface area contributed by atoms with Crippen molar-refractivity contribution in [1.82, 2.24) is 0 Å². The Hall–Kier alpha value is -4.79. The number of hydrogen-bond donors (Lipinski definition) is 1. The van der Waals surface area contributed by atoms with Gasteiger partial charge < -0.3 is 24.1 Å². The van der Waals surface area contributed by atoms with Crippen molar-refractivity contribution in [3.8, 4) is 28.0 Å². The number of rotatable bonds is 15. The molecular weight excluding hydrogens is 608 g/mol. The molecule has 0 aromatic heterocycles. The van der Waals surface area contributed by atoms with Gasteiger partial charge in [0.15, 0.2) is 0 Å². The molecule has 0 atom stereocenters. The molecule has 1 N–H and O–H groups in total. The summed E-state index contributed by atoms with van der Waals surface area (Å²) in [6.07, 6.45) is 4.16. The van der Waals surface area contributed by atoms with Crippen LogP contribution in [-0.2, 0) is 35.0 Å². The molecule has 252 valence electrons. The zero-order valence-electron chi connectivity index (χ0n) is 27.8. The van der Waals surface area contributed by atoms with Crippen LogP contribution < -0.4 is 4.74 Å². The van der Waals surface area contributed by atoms with Crippen molar-refractivity contribution in [2.24, 2.45) is 0 Å². The van der Waals surface area contributed by atoms with Gasteiger partial charge in [-0.3, -0.25) is 0 Å². The van der Waals surface area contributed by atoms with Crippen molar-refractivity contribution in [3.63, 3.8) is 0 Å². The molecule has 0 aliphatic heterocycles. The Bertz CT molecular complexity index is 1630. The number of carbonyl (C=O) groups is 3. The molecule has 1 aliphatic carbocycles. The molecular formula is C40H44O8. The Morgan fingerprint density at radius 1 is 0.792 bits per heavy atom. The van der Waals surface area contributed by atoms with Crippen molar-refractivity contribution >= 4 is 17.9 Å². The maximum absolute atomic E-state index is 12.6. The lowest BCUT2D eigenvalue weighted by molar-refractivity contribution is -0.146. The lowest BCUT2D eigenvalue weighted by Crippen LogP contribution is -2.25. The third-order valence-electron chi connectivity index (χ3n) is 8.38. The first-order valence-electron chi connectivity index (χ1n) is 16.1. The summed E-state index contributed by atoms with van der Waals surface area (Å²) in [4.78, 5) is 36.3. The van der Waals surface area contributed by atoms with E-state index < -0.39 is 18.5 Å². The Morgan fingerprint density at radius 2 is 1.42 bits per heavy atom. The largest absolute Gasteiger partial charge is 0.462 e. The van der Waals surface area contributed by atoms with Gasteiger partial charge in [-0.2, -0.15) is 0 Å². The normalized spacial score (nSPS) is 15.6. The van der Waals surface area contributed by atoms with E-state index in [0.29, 0.717) is 30.8 Å². The van der Waals surface area contributed by atoms with Gasteiger partial charge in [0.2, 0.25) is 0 Å². The first-order chi connectivity index (χ1) is 23.1. The van der Waals surface area contributed by atoms with E-state index in [4.69, 9.17) is 18.9 Å². The van der Waals surface area contributed by atoms with Crippen LogP contribution in [0.3, 0.4) is 0 Å². The number of carbonyl (C=O) groups excluding carboxylic acids is 3. The van der Waals surface area contributed by atoms with E-state index in [1.54, 1.807) is 13.0 Å². The first kappa shape index (κ1) is 36.1. The summed E-state index contributed by atoms with van der Waals surface area (Å²) in [7, 11) is 1.49. The van der Waals surface area contributed by atoms with E-state index in [1.165, 1.54) is 12.7 Å². The summed E-state index contributed by atoms with van der Waals surface area (Å²) < 4.78 is 21.4. The standard InChI is InChI=1S/C40H44O8/c1-26(2)38(42)46-22-6-7-29-8-10-30(11-9-29)31-12-14-32(15-13-31)36-21-20-35(48-40(44)28(4)25-45-5)23-37(36)33-16-18-34(19-17-33)47-39(43)27(3)24-41/h8-15,20-21,23,33-34,41H,1,3-4,6-7,16-19,22,24-25H2,2,5H3. The summed E-state index contributed by atoms with van der Waals surface area (Å²) in [6, 6.07) is 22.4. The molecule has 1 aliphatic rings. The molecule has 8 nitrogen and oxygen atoms in total. The molecule has 4 rings (SSSR count). The maximum Gasteiger partial charge on any atom is 0.341 e. The fourth-order valence-electron chi connectivity index (χ4n) is 5.68. The average molecular weight is 653 g/mol. The Morgan fingerprint density at radius 3 is 2.02 bits per heavy atom. The van der Waals surface area contributed by atoms with E-state index in [2.05, 4.69) is 68.3 Å². The predicted octanol–water partition coefficient (Wildman–Crippen LogP) is 7.30. The molecule has 0 unspecified atom stereocenters. The van der Waals surface area contributed by atoms with Crippen LogP contribution in [0.4, 0.5) is 0 Å². The average Bonchev–Trinajstić information content (AvgIpc) is 3.10. The summed E-state index contributed by atoms with van der Waals surface area (Å²) in [6.45, 7) is 12.6. The van der Waals surface area contributed by atoms with Crippen LogP contribution in [0.15, 0.2) is 103 Å².